The van der Waals surface area contributed by atoms with Crippen molar-refractivity contribution in [3.8, 4) is 0 Å². The molecule has 2 amide bonds. The Hall–Kier alpha value is -2.47. The molecule has 3 aromatic rings. The van der Waals surface area contributed by atoms with Gasteiger partial charge in [0.1, 0.15) is 5.00 Å². The van der Waals surface area contributed by atoms with Gasteiger partial charge in [0, 0.05) is 18.5 Å². The van der Waals surface area contributed by atoms with E-state index in [0.717, 1.165) is 39.9 Å². The van der Waals surface area contributed by atoms with Crippen LogP contribution in [0.4, 0.5) is 5.00 Å². The van der Waals surface area contributed by atoms with E-state index in [9.17, 15) is 14.4 Å². The summed E-state index contributed by atoms with van der Waals surface area (Å²) in [6.45, 7) is 3.29. The lowest BCUT2D eigenvalue weighted by Gasteiger charge is -2.18. The highest BCUT2D eigenvalue weighted by atomic mass is 32.2. The van der Waals surface area contributed by atoms with Gasteiger partial charge in [-0.3, -0.25) is 9.59 Å². The van der Waals surface area contributed by atoms with E-state index in [1.54, 1.807) is 7.11 Å². The quantitative estimate of drug-likeness (QED) is 0.405. The Bertz CT molecular complexity index is 1340. The van der Waals surface area contributed by atoms with Gasteiger partial charge < -0.3 is 19.4 Å². The van der Waals surface area contributed by atoms with E-state index in [4.69, 9.17) is 9.47 Å². The van der Waals surface area contributed by atoms with Crippen molar-refractivity contribution in [3.63, 3.8) is 0 Å². The summed E-state index contributed by atoms with van der Waals surface area (Å²) in [5.74, 6) is -0.290. The van der Waals surface area contributed by atoms with Crippen molar-refractivity contribution in [1.29, 1.82) is 0 Å². The lowest BCUT2D eigenvalue weighted by molar-refractivity contribution is -0.115. The zero-order valence-corrected chi connectivity index (χ0v) is 22.9. The first-order chi connectivity index (χ1) is 17.4. The van der Waals surface area contributed by atoms with E-state index in [-0.39, 0.29) is 23.3 Å². The SMILES string of the molecule is COCCn1c(=NC(=O)CSCC(=O)Nc2sc3c(c2C(=O)OC)CCC(C)C3)sc2ccccc21. The lowest BCUT2D eigenvalue weighted by Crippen LogP contribution is -2.20. The van der Waals surface area contributed by atoms with Gasteiger partial charge in [-0.15, -0.1) is 23.1 Å². The molecule has 1 atom stereocenters. The van der Waals surface area contributed by atoms with Crippen molar-refractivity contribution in [3.05, 3.63) is 45.1 Å². The molecule has 1 aromatic carbocycles. The molecule has 1 aliphatic rings. The fourth-order valence-electron chi connectivity index (χ4n) is 4.19. The topological polar surface area (TPSA) is 99.0 Å². The number of benzene rings is 1. The first-order valence-electron chi connectivity index (χ1n) is 11.7. The molecular formula is C25H29N3O5S3. The van der Waals surface area contributed by atoms with Crippen LogP contribution in [0.5, 0.6) is 0 Å². The van der Waals surface area contributed by atoms with Gasteiger partial charge >= 0.3 is 5.97 Å². The van der Waals surface area contributed by atoms with Gasteiger partial charge in [0.15, 0.2) is 4.80 Å². The second-order valence-electron chi connectivity index (χ2n) is 8.59. The van der Waals surface area contributed by atoms with E-state index in [0.29, 0.717) is 34.4 Å². The van der Waals surface area contributed by atoms with E-state index < -0.39 is 5.97 Å². The van der Waals surface area contributed by atoms with Crippen molar-refractivity contribution in [2.75, 3.05) is 37.6 Å². The number of thioether (sulfide) groups is 1. The summed E-state index contributed by atoms with van der Waals surface area (Å²) >= 11 is 4.10. The van der Waals surface area contributed by atoms with E-state index in [1.807, 2.05) is 28.8 Å². The standard InChI is InChI=1S/C25H29N3O5S3/c1-15-8-9-16-19(12-15)35-23(22(16)24(31)33-3)26-20(29)13-34-14-21(30)27-25-28(10-11-32-2)17-6-4-5-7-18(17)36-25/h4-7,15H,8-14H2,1-3H3,(H,26,29). The first-order valence-corrected chi connectivity index (χ1v) is 14.4. The molecule has 0 bridgehead atoms. The molecule has 2 aromatic heterocycles. The summed E-state index contributed by atoms with van der Waals surface area (Å²) in [5.41, 5.74) is 2.47. The van der Waals surface area contributed by atoms with Crippen molar-refractivity contribution in [2.24, 2.45) is 10.9 Å². The highest BCUT2D eigenvalue weighted by molar-refractivity contribution is 8.00. The molecule has 192 valence electrons. The molecule has 4 rings (SSSR count). The zero-order valence-electron chi connectivity index (χ0n) is 20.5. The Morgan fingerprint density at radius 2 is 2.00 bits per heavy atom. The molecule has 0 spiro atoms. The summed E-state index contributed by atoms with van der Waals surface area (Å²) in [5, 5.41) is 3.41. The van der Waals surface area contributed by atoms with E-state index >= 15 is 0 Å². The molecule has 11 heteroatoms. The third-order valence-electron chi connectivity index (χ3n) is 5.94. The average molecular weight is 548 g/mol. The van der Waals surface area contributed by atoms with Crippen molar-refractivity contribution >= 4 is 67.4 Å². The maximum atomic E-state index is 12.6. The van der Waals surface area contributed by atoms with Gasteiger partial charge in [0.05, 0.1) is 41.0 Å². The average Bonchev–Trinajstić information content (AvgIpc) is 3.38. The van der Waals surface area contributed by atoms with Crippen LogP contribution < -0.4 is 10.1 Å². The number of ether oxygens (including phenoxy) is 2. The minimum atomic E-state index is -0.427. The number of methoxy groups -OCH3 is 2. The van der Waals surface area contributed by atoms with Gasteiger partial charge in [0.2, 0.25) is 5.91 Å². The number of hydrogen-bond donors (Lipinski definition) is 1. The molecule has 0 radical (unpaired) electrons. The van der Waals surface area contributed by atoms with Crippen molar-refractivity contribution < 1.29 is 23.9 Å². The maximum absolute atomic E-state index is 12.6. The van der Waals surface area contributed by atoms with Crippen LogP contribution in [0.25, 0.3) is 10.2 Å². The largest absolute Gasteiger partial charge is 0.465 e. The van der Waals surface area contributed by atoms with Crippen LogP contribution in [0.15, 0.2) is 29.3 Å². The van der Waals surface area contributed by atoms with Crippen LogP contribution in [-0.4, -0.2) is 54.7 Å². The second-order valence-corrected chi connectivity index (χ2v) is 11.7. The minimum Gasteiger partial charge on any atom is -0.465 e. The van der Waals surface area contributed by atoms with Crippen molar-refractivity contribution in [1.82, 2.24) is 4.57 Å². The smallest absolute Gasteiger partial charge is 0.341 e. The number of thiazole rings is 1. The second kappa shape index (κ2) is 12.2. The predicted octanol–water partition coefficient (Wildman–Crippen LogP) is 4.12. The Morgan fingerprint density at radius 1 is 1.19 bits per heavy atom. The van der Waals surface area contributed by atoms with Crippen LogP contribution >= 0.6 is 34.4 Å². The number of rotatable bonds is 9. The van der Waals surface area contributed by atoms with Gasteiger partial charge in [-0.2, -0.15) is 4.99 Å². The van der Waals surface area contributed by atoms with Crippen LogP contribution in [0.2, 0.25) is 0 Å². The van der Waals surface area contributed by atoms with Crippen LogP contribution in [-0.2, 0) is 38.4 Å². The molecule has 2 heterocycles. The highest BCUT2D eigenvalue weighted by Crippen LogP contribution is 2.40. The number of esters is 1. The zero-order chi connectivity index (χ0) is 25.7. The number of aromatic nitrogens is 1. The molecule has 0 saturated carbocycles. The number of nitrogens with zero attached hydrogens (tertiary/aromatic N) is 2. The lowest BCUT2D eigenvalue weighted by atomic mass is 9.88. The summed E-state index contributed by atoms with van der Waals surface area (Å²) in [6.07, 6.45) is 2.71. The Kier molecular flexibility index (Phi) is 9.00. The maximum Gasteiger partial charge on any atom is 0.341 e. The minimum absolute atomic E-state index is 0.0776. The summed E-state index contributed by atoms with van der Waals surface area (Å²) < 4.78 is 13.2. The van der Waals surface area contributed by atoms with Crippen molar-refractivity contribution in [2.45, 2.75) is 32.7 Å². The normalized spacial score (nSPS) is 15.6. The molecule has 0 aliphatic heterocycles. The molecular weight excluding hydrogens is 518 g/mol. The summed E-state index contributed by atoms with van der Waals surface area (Å²) in [6, 6.07) is 7.90. The molecule has 0 saturated heterocycles. The Balaban J connectivity index is 1.40. The van der Waals surface area contributed by atoms with Crippen LogP contribution in [0.3, 0.4) is 0 Å². The third kappa shape index (κ3) is 6.08. The molecule has 0 fully saturated rings. The molecule has 36 heavy (non-hydrogen) atoms. The van der Waals surface area contributed by atoms with Gasteiger partial charge in [-0.1, -0.05) is 30.4 Å². The number of anilines is 1. The summed E-state index contributed by atoms with van der Waals surface area (Å²) in [7, 11) is 2.99. The number of amides is 2. The number of thiophene rings is 1. The van der Waals surface area contributed by atoms with Gasteiger partial charge in [0.25, 0.3) is 5.91 Å². The monoisotopic (exact) mass is 547 g/mol. The molecule has 1 N–H and O–H groups in total. The fraction of sp³-hybridized carbons (Fsp3) is 0.440. The van der Waals surface area contributed by atoms with Gasteiger partial charge in [-0.05, 0) is 42.9 Å². The predicted molar refractivity (Wildman–Crippen MR) is 145 cm³/mol. The van der Waals surface area contributed by atoms with Crippen LogP contribution in [0.1, 0.15) is 34.1 Å². The first kappa shape index (κ1) is 26.6. The highest BCUT2D eigenvalue weighted by Gasteiger charge is 2.28. The summed E-state index contributed by atoms with van der Waals surface area (Å²) in [4.78, 5) is 43.7. The molecule has 1 aliphatic carbocycles. The number of para-hydroxylation sites is 1. The Labute approximate surface area is 221 Å². The van der Waals surface area contributed by atoms with E-state index in [1.165, 1.54) is 41.5 Å². The molecule has 1 unspecified atom stereocenters. The van der Waals surface area contributed by atoms with E-state index in [2.05, 4.69) is 17.2 Å². The fourth-order valence-corrected chi connectivity index (χ4v) is 7.28. The third-order valence-corrected chi connectivity index (χ3v) is 9.09. The molecule has 8 nitrogen and oxygen atoms in total. The number of fused-ring (bicyclic) bond motifs is 2. The number of carbonyl (C=O) groups is 3. The number of carbonyl (C=O) groups excluding carboxylic acids is 3. The Morgan fingerprint density at radius 3 is 2.78 bits per heavy atom. The number of hydrogen-bond acceptors (Lipinski definition) is 8. The number of nitrogens with one attached hydrogen (secondary N) is 1. The van der Waals surface area contributed by atoms with Gasteiger partial charge in [-0.25, -0.2) is 4.79 Å². The van der Waals surface area contributed by atoms with Crippen LogP contribution in [0, 0.1) is 5.92 Å².